The van der Waals surface area contributed by atoms with Crippen LogP contribution in [0.25, 0.3) is 11.3 Å². The van der Waals surface area contributed by atoms with Crippen LogP contribution in [0.1, 0.15) is 45.9 Å². The quantitative estimate of drug-likeness (QED) is 0.678. The summed E-state index contributed by atoms with van der Waals surface area (Å²) in [5.74, 6) is -0.0593. The van der Waals surface area contributed by atoms with Gasteiger partial charge in [0.1, 0.15) is 5.01 Å². The molecule has 25 heavy (non-hydrogen) atoms. The van der Waals surface area contributed by atoms with E-state index in [-0.39, 0.29) is 11.9 Å². The molecular weight excluding hydrogens is 328 g/mol. The molecule has 0 saturated carbocycles. The number of rotatable bonds is 5. The number of nitrogens with one attached hydrogen (secondary N) is 1. The van der Waals surface area contributed by atoms with E-state index in [9.17, 15) is 4.79 Å². The lowest BCUT2D eigenvalue weighted by molar-refractivity contribution is 0.0935. The van der Waals surface area contributed by atoms with Crippen molar-refractivity contribution in [2.45, 2.75) is 33.2 Å². The second-order valence-electron chi connectivity index (χ2n) is 6.19. The van der Waals surface area contributed by atoms with Crippen LogP contribution in [0.3, 0.4) is 0 Å². The van der Waals surface area contributed by atoms with Crippen molar-refractivity contribution in [3.63, 3.8) is 0 Å². The molecule has 2 aromatic carbocycles. The van der Waals surface area contributed by atoms with Crippen molar-refractivity contribution in [2.75, 3.05) is 0 Å². The lowest BCUT2D eigenvalue weighted by Crippen LogP contribution is -2.28. The lowest BCUT2D eigenvalue weighted by Gasteiger charge is -2.14. The number of benzene rings is 2. The van der Waals surface area contributed by atoms with Gasteiger partial charge in [0, 0.05) is 16.5 Å². The monoisotopic (exact) mass is 350 g/mol. The molecule has 0 bridgehead atoms. The summed E-state index contributed by atoms with van der Waals surface area (Å²) in [6.45, 7) is 6.25. The van der Waals surface area contributed by atoms with Gasteiger partial charge in [-0.25, -0.2) is 4.98 Å². The Hall–Kier alpha value is -2.46. The highest BCUT2D eigenvalue weighted by atomic mass is 32.1. The van der Waals surface area contributed by atoms with Gasteiger partial charge in [0.2, 0.25) is 0 Å². The number of hydrogen-bond donors (Lipinski definition) is 1. The van der Waals surface area contributed by atoms with E-state index >= 15 is 0 Å². The standard InChI is InChI=1S/C21H22N2OS/c1-4-18(22-20(24)16-8-6-5-7-9-16)21-23-19(13-25-21)17-12-14(2)10-11-15(17)3/h5-13,18H,4H2,1-3H3,(H,22,24). The van der Waals surface area contributed by atoms with Crippen molar-refractivity contribution < 1.29 is 4.79 Å². The number of carbonyl (C=O) groups excluding carboxylic acids is 1. The van der Waals surface area contributed by atoms with E-state index in [1.807, 2.05) is 30.3 Å². The zero-order chi connectivity index (χ0) is 17.8. The molecule has 3 aromatic rings. The SMILES string of the molecule is CCC(NC(=O)c1ccccc1)c1nc(-c2cc(C)ccc2C)cs1. The van der Waals surface area contributed by atoms with Crippen molar-refractivity contribution in [2.24, 2.45) is 0 Å². The number of aryl methyl sites for hydroxylation is 2. The number of nitrogens with zero attached hydrogens (tertiary/aromatic N) is 1. The van der Waals surface area contributed by atoms with Crippen LogP contribution in [0.4, 0.5) is 0 Å². The third-order valence-corrected chi connectivity index (χ3v) is 5.20. The van der Waals surface area contributed by atoms with Crippen LogP contribution < -0.4 is 5.32 Å². The molecule has 1 N–H and O–H groups in total. The van der Waals surface area contributed by atoms with Gasteiger partial charge in [-0.2, -0.15) is 0 Å². The normalized spacial score (nSPS) is 12.0. The predicted molar refractivity (Wildman–Crippen MR) is 104 cm³/mol. The summed E-state index contributed by atoms with van der Waals surface area (Å²) in [4.78, 5) is 17.2. The summed E-state index contributed by atoms with van der Waals surface area (Å²) >= 11 is 1.60. The molecule has 128 valence electrons. The van der Waals surface area contributed by atoms with Crippen molar-refractivity contribution in [1.29, 1.82) is 0 Å². The smallest absolute Gasteiger partial charge is 0.251 e. The average molecular weight is 350 g/mol. The highest BCUT2D eigenvalue weighted by Gasteiger charge is 2.18. The molecule has 3 rings (SSSR count). The Morgan fingerprint density at radius 3 is 2.64 bits per heavy atom. The van der Waals surface area contributed by atoms with Gasteiger partial charge in [0.25, 0.3) is 5.91 Å². The van der Waals surface area contributed by atoms with Gasteiger partial charge < -0.3 is 5.32 Å². The Kier molecular flexibility index (Phi) is 5.29. The molecule has 0 aliphatic heterocycles. The lowest BCUT2D eigenvalue weighted by atomic mass is 10.0. The van der Waals surface area contributed by atoms with E-state index in [0.717, 1.165) is 22.7 Å². The largest absolute Gasteiger partial charge is 0.343 e. The Balaban J connectivity index is 1.82. The van der Waals surface area contributed by atoms with Crippen LogP contribution in [0, 0.1) is 13.8 Å². The second kappa shape index (κ2) is 7.62. The third kappa shape index (κ3) is 3.97. The third-order valence-electron chi connectivity index (χ3n) is 4.24. The molecule has 1 amide bonds. The molecule has 0 radical (unpaired) electrons. The van der Waals surface area contributed by atoms with Crippen molar-refractivity contribution >= 4 is 17.2 Å². The van der Waals surface area contributed by atoms with Crippen molar-refractivity contribution in [3.05, 3.63) is 75.6 Å². The fourth-order valence-electron chi connectivity index (χ4n) is 2.75. The summed E-state index contributed by atoms with van der Waals surface area (Å²) in [5, 5.41) is 6.12. The Labute approximate surface area is 152 Å². The first-order valence-corrected chi connectivity index (χ1v) is 9.35. The highest BCUT2D eigenvalue weighted by Crippen LogP contribution is 2.29. The van der Waals surface area contributed by atoms with Gasteiger partial charge in [-0.15, -0.1) is 11.3 Å². The van der Waals surface area contributed by atoms with E-state index in [1.165, 1.54) is 11.1 Å². The molecule has 4 heteroatoms. The van der Waals surface area contributed by atoms with Gasteiger partial charge in [0.05, 0.1) is 11.7 Å². The molecular formula is C21H22N2OS. The van der Waals surface area contributed by atoms with Gasteiger partial charge in [-0.05, 0) is 44.0 Å². The maximum Gasteiger partial charge on any atom is 0.251 e. The van der Waals surface area contributed by atoms with Crippen LogP contribution in [-0.2, 0) is 0 Å². The van der Waals surface area contributed by atoms with Crippen LogP contribution in [0.5, 0.6) is 0 Å². The minimum Gasteiger partial charge on any atom is -0.343 e. The number of thiazole rings is 1. The van der Waals surface area contributed by atoms with E-state index in [2.05, 4.69) is 49.7 Å². The number of aromatic nitrogens is 1. The van der Waals surface area contributed by atoms with E-state index < -0.39 is 0 Å². The van der Waals surface area contributed by atoms with Crippen LogP contribution in [0.2, 0.25) is 0 Å². The summed E-state index contributed by atoms with van der Waals surface area (Å²) in [5.41, 5.74) is 5.25. The predicted octanol–water partition coefficient (Wildman–Crippen LogP) is 5.31. The molecule has 0 aliphatic carbocycles. The van der Waals surface area contributed by atoms with Gasteiger partial charge in [0.15, 0.2) is 0 Å². The fraction of sp³-hybridized carbons (Fsp3) is 0.238. The van der Waals surface area contributed by atoms with Gasteiger partial charge >= 0.3 is 0 Å². The zero-order valence-electron chi connectivity index (χ0n) is 14.7. The van der Waals surface area contributed by atoms with E-state index in [4.69, 9.17) is 4.98 Å². The average Bonchev–Trinajstić information content (AvgIpc) is 3.12. The summed E-state index contributed by atoms with van der Waals surface area (Å²) < 4.78 is 0. The zero-order valence-corrected chi connectivity index (χ0v) is 15.6. The van der Waals surface area contributed by atoms with Crippen LogP contribution in [0.15, 0.2) is 53.9 Å². The first-order chi connectivity index (χ1) is 12.1. The number of amides is 1. The molecule has 1 aromatic heterocycles. The van der Waals surface area contributed by atoms with Crippen molar-refractivity contribution in [3.8, 4) is 11.3 Å². The van der Waals surface area contributed by atoms with Crippen LogP contribution in [-0.4, -0.2) is 10.9 Å². The van der Waals surface area contributed by atoms with E-state index in [1.54, 1.807) is 11.3 Å². The van der Waals surface area contributed by atoms with E-state index in [0.29, 0.717) is 5.56 Å². The minimum absolute atomic E-state index is 0.0593. The number of carbonyl (C=O) groups is 1. The first kappa shape index (κ1) is 17.4. The molecule has 0 aliphatic rings. The Morgan fingerprint density at radius 1 is 1.16 bits per heavy atom. The minimum atomic E-state index is -0.0726. The summed E-state index contributed by atoms with van der Waals surface area (Å²) in [7, 11) is 0. The molecule has 0 fully saturated rings. The molecule has 0 saturated heterocycles. The fourth-order valence-corrected chi connectivity index (χ4v) is 3.71. The van der Waals surface area contributed by atoms with Crippen LogP contribution >= 0.6 is 11.3 Å². The first-order valence-electron chi connectivity index (χ1n) is 8.47. The molecule has 1 unspecified atom stereocenters. The second-order valence-corrected chi connectivity index (χ2v) is 7.08. The Morgan fingerprint density at radius 2 is 1.92 bits per heavy atom. The molecule has 1 heterocycles. The van der Waals surface area contributed by atoms with Gasteiger partial charge in [-0.3, -0.25) is 4.79 Å². The molecule has 0 spiro atoms. The summed E-state index contributed by atoms with van der Waals surface area (Å²) in [6.07, 6.45) is 0.804. The number of hydrogen-bond acceptors (Lipinski definition) is 3. The Bertz CT molecular complexity index is 871. The molecule has 1 atom stereocenters. The topological polar surface area (TPSA) is 42.0 Å². The maximum absolute atomic E-state index is 12.4. The van der Waals surface area contributed by atoms with Crippen molar-refractivity contribution in [1.82, 2.24) is 10.3 Å². The molecule has 3 nitrogen and oxygen atoms in total. The summed E-state index contributed by atoms with van der Waals surface area (Å²) in [6, 6.07) is 15.6. The highest BCUT2D eigenvalue weighted by molar-refractivity contribution is 7.10. The maximum atomic E-state index is 12.4. The van der Waals surface area contributed by atoms with Gasteiger partial charge in [-0.1, -0.05) is 42.8 Å².